The molecule has 1 saturated heterocycles. The van der Waals surface area contributed by atoms with Crippen molar-refractivity contribution in [3.05, 3.63) is 35.4 Å². The highest BCUT2D eigenvalue weighted by atomic mass is 32.2. The highest BCUT2D eigenvalue weighted by Gasteiger charge is 2.16. The molecule has 0 saturated carbocycles. The lowest BCUT2D eigenvalue weighted by molar-refractivity contribution is 0.212. The van der Waals surface area contributed by atoms with E-state index in [1.54, 1.807) is 0 Å². The van der Waals surface area contributed by atoms with E-state index in [0.717, 1.165) is 12.1 Å². The van der Waals surface area contributed by atoms with Crippen LogP contribution in [-0.4, -0.2) is 34.1 Å². The van der Waals surface area contributed by atoms with Gasteiger partial charge in [-0.3, -0.25) is 4.90 Å². The third-order valence-corrected chi connectivity index (χ3v) is 4.41. The lowest BCUT2D eigenvalue weighted by Gasteiger charge is -2.26. The quantitative estimate of drug-likeness (QED) is 0.893. The summed E-state index contributed by atoms with van der Waals surface area (Å²) in [5.41, 5.74) is 2.34. The summed E-state index contributed by atoms with van der Waals surface area (Å²) >= 11 is 2.07. The maximum Gasteiger partial charge on any atom is 0.0681 e. The monoisotopic (exact) mass is 251 g/mol. The zero-order chi connectivity index (χ0) is 12.1. The Balaban J connectivity index is 1.98. The van der Waals surface area contributed by atoms with E-state index < -0.39 is 0 Å². The first-order valence-corrected chi connectivity index (χ1v) is 7.45. The van der Waals surface area contributed by atoms with Gasteiger partial charge in [0.2, 0.25) is 0 Å². The van der Waals surface area contributed by atoms with Crippen molar-refractivity contribution in [2.24, 2.45) is 0 Å². The number of benzene rings is 1. The molecule has 1 aromatic carbocycles. The maximum atomic E-state index is 9.02. The Bertz CT molecular complexity index is 339. The summed E-state index contributed by atoms with van der Waals surface area (Å²) in [5, 5.41) is 9.02. The van der Waals surface area contributed by atoms with Crippen LogP contribution in [0, 0.1) is 0 Å². The molecular formula is C14H21NOS. The summed E-state index contributed by atoms with van der Waals surface area (Å²) in [7, 11) is 0. The molecule has 2 rings (SSSR count). The van der Waals surface area contributed by atoms with Gasteiger partial charge in [0.15, 0.2) is 0 Å². The summed E-state index contributed by atoms with van der Waals surface area (Å²) in [4.78, 5) is 2.56. The molecule has 1 N–H and O–H groups in total. The number of hydrogen-bond donors (Lipinski definition) is 1. The largest absolute Gasteiger partial charge is 0.392 e. The molecule has 1 heterocycles. The standard InChI is InChI=1S/C14H21NOS/c1-12-6-8-17-9-7-15(12)10-13-2-4-14(11-16)5-3-13/h2-5,12,16H,6-11H2,1H3. The van der Waals surface area contributed by atoms with Gasteiger partial charge in [-0.05, 0) is 30.2 Å². The highest BCUT2D eigenvalue weighted by molar-refractivity contribution is 7.99. The second-order valence-electron chi connectivity index (χ2n) is 4.70. The van der Waals surface area contributed by atoms with Crippen molar-refractivity contribution in [1.82, 2.24) is 4.90 Å². The second kappa shape index (κ2) is 6.43. The van der Waals surface area contributed by atoms with Gasteiger partial charge in [0.05, 0.1) is 6.61 Å². The Morgan fingerprint density at radius 1 is 1.24 bits per heavy atom. The van der Waals surface area contributed by atoms with E-state index in [2.05, 4.69) is 35.7 Å². The molecule has 3 heteroatoms. The van der Waals surface area contributed by atoms with Crippen LogP contribution >= 0.6 is 11.8 Å². The molecule has 1 unspecified atom stereocenters. The molecule has 1 aliphatic rings. The summed E-state index contributed by atoms with van der Waals surface area (Å²) < 4.78 is 0. The number of hydrogen-bond acceptors (Lipinski definition) is 3. The van der Waals surface area contributed by atoms with Gasteiger partial charge >= 0.3 is 0 Å². The molecule has 0 spiro atoms. The lowest BCUT2D eigenvalue weighted by Crippen LogP contribution is -2.33. The predicted octanol–water partition coefficient (Wildman–Crippen LogP) is 2.51. The molecule has 17 heavy (non-hydrogen) atoms. The molecular weight excluding hydrogens is 230 g/mol. The van der Waals surface area contributed by atoms with Crippen LogP contribution in [0.2, 0.25) is 0 Å². The summed E-state index contributed by atoms with van der Waals surface area (Å²) in [6.45, 7) is 4.69. The molecule has 0 radical (unpaired) electrons. The van der Waals surface area contributed by atoms with Gasteiger partial charge < -0.3 is 5.11 Å². The molecule has 1 aliphatic heterocycles. The molecule has 94 valence electrons. The van der Waals surface area contributed by atoms with Crippen molar-refractivity contribution in [3.63, 3.8) is 0 Å². The van der Waals surface area contributed by atoms with Crippen LogP contribution in [0.3, 0.4) is 0 Å². The van der Waals surface area contributed by atoms with E-state index in [1.807, 2.05) is 12.1 Å². The average Bonchev–Trinajstić information content (AvgIpc) is 2.56. The minimum atomic E-state index is 0.136. The van der Waals surface area contributed by atoms with Crippen molar-refractivity contribution in [2.45, 2.75) is 32.5 Å². The van der Waals surface area contributed by atoms with E-state index in [1.165, 1.54) is 30.0 Å². The summed E-state index contributed by atoms with van der Waals surface area (Å²) in [6.07, 6.45) is 1.29. The van der Waals surface area contributed by atoms with E-state index in [0.29, 0.717) is 6.04 Å². The molecule has 1 atom stereocenters. The minimum Gasteiger partial charge on any atom is -0.392 e. The van der Waals surface area contributed by atoms with Crippen molar-refractivity contribution >= 4 is 11.8 Å². The van der Waals surface area contributed by atoms with Gasteiger partial charge in [0, 0.05) is 24.9 Å². The zero-order valence-corrected chi connectivity index (χ0v) is 11.2. The zero-order valence-electron chi connectivity index (χ0n) is 10.4. The van der Waals surface area contributed by atoms with E-state index >= 15 is 0 Å². The van der Waals surface area contributed by atoms with Gasteiger partial charge in [-0.15, -0.1) is 0 Å². The predicted molar refractivity (Wildman–Crippen MR) is 74.2 cm³/mol. The third-order valence-electron chi connectivity index (χ3n) is 3.42. The Morgan fingerprint density at radius 2 is 1.94 bits per heavy atom. The normalized spacial score (nSPS) is 22.4. The smallest absolute Gasteiger partial charge is 0.0681 e. The van der Waals surface area contributed by atoms with Crippen molar-refractivity contribution in [2.75, 3.05) is 18.1 Å². The van der Waals surface area contributed by atoms with Crippen LogP contribution < -0.4 is 0 Å². The maximum absolute atomic E-state index is 9.02. The summed E-state index contributed by atoms with van der Waals surface area (Å²) in [6, 6.07) is 8.99. The fourth-order valence-corrected chi connectivity index (χ4v) is 3.24. The molecule has 0 bridgehead atoms. The van der Waals surface area contributed by atoms with E-state index in [-0.39, 0.29) is 6.61 Å². The SMILES string of the molecule is CC1CCSCCN1Cc1ccc(CO)cc1. The topological polar surface area (TPSA) is 23.5 Å². The molecule has 1 aromatic rings. The first kappa shape index (κ1) is 12.9. The first-order valence-electron chi connectivity index (χ1n) is 6.30. The van der Waals surface area contributed by atoms with Crippen molar-refractivity contribution in [3.8, 4) is 0 Å². The number of thioether (sulfide) groups is 1. The summed E-state index contributed by atoms with van der Waals surface area (Å²) in [5.74, 6) is 2.54. The van der Waals surface area contributed by atoms with E-state index in [9.17, 15) is 0 Å². The number of nitrogens with zero attached hydrogens (tertiary/aromatic N) is 1. The Morgan fingerprint density at radius 3 is 2.65 bits per heavy atom. The first-order chi connectivity index (χ1) is 8.29. The number of rotatable bonds is 3. The molecule has 0 amide bonds. The van der Waals surface area contributed by atoms with E-state index in [4.69, 9.17) is 5.11 Å². The fraction of sp³-hybridized carbons (Fsp3) is 0.571. The number of aliphatic hydroxyl groups excluding tert-OH is 1. The highest BCUT2D eigenvalue weighted by Crippen LogP contribution is 2.18. The minimum absolute atomic E-state index is 0.136. The molecule has 0 aromatic heterocycles. The van der Waals surface area contributed by atoms with Gasteiger partial charge in [-0.2, -0.15) is 11.8 Å². The van der Waals surface area contributed by atoms with Crippen LogP contribution in [-0.2, 0) is 13.2 Å². The van der Waals surface area contributed by atoms with Crippen LogP contribution in [0.1, 0.15) is 24.5 Å². The lowest BCUT2D eigenvalue weighted by atomic mass is 10.1. The van der Waals surface area contributed by atoms with Gasteiger partial charge in [-0.1, -0.05) is 24.3 Å². The van der Waals surface area contributed by atoms with Gasteiger partial charge in [0.1, 0.15) is 0 Å². The molecule has 2 nitrogen and oxygen atoms in total. The third kappa shape index (κ3) is 3.73. The second-order valence-corrected chi connectivity index (χ2v) is 5.92. The molecule has 0 aliphatic carbocycles. The Labute approximate surface area is 108 Å². The van der Waals surface area contributed by atoms with Crippen LogP contribution in [0.5, 0.6) is 0 Å². The van der Waals surface area contributed by atoms with Crippen LogP contribution in [0.15, 0.2) is 24.3 Å². The number of aliphatic hydroxyl groups is 1. The van der Waals surface area contributed by atoms with Crippen molar-refractivity contribution in [1.29, 1.82) is 0 Å². The Hall–Kier alpha value is -0.510. The van der Waals surface area contributed by atoms with Crippen molar-refractivity contribution < 1.29 is 5.11 Å². The molecule has 1 fully saturated rings. The van der Waals surface area contributed by atoms with Crippen LogP contribution in [0.4, 0.5) is 0 Å². The Kier molecular flexibility index (Phi) is 4.89. The fourth-order valence-electron chi connectivity index (χ4n) is 2.16. The van der Waals surface area contributed by atoms with Gasteiger partial charge in [0.25, 0.3) is 0 Å². The van der Waals surface area contributed by atoms with Gasteiger partial charge in [-0.25, -0.2) is 0 Å². The van der Waals surface area contributed by atoms with Crippen LogP contribution in [0.25, 0.3) is 0 Å². The average molecular weight is 251 g/mol.